The molecule has 5 aromatic heterocycles. The van der Waals surface area contributed by atoms with E-state index in [9.17, 15) is 0 Å². The van der Waals surface area contributed by atoms with Crippen molar-refractivity contribution in [3.05, 3.63) is 200 Å². The Bertz CT molecular complexity index is 4140. The number of nitrogens with zero attached hydrogens (tertiary/aromatic N) is 5. The number of rotatable bonds is 5. The van der Waals surface area contributed by atoms with Crippen molar-refractivity contribution >= 4 is 81.8 Å². The SMILES string of the molecule is c1ccc(-c2cccc(-c3nc(-c4ccccc4)nc(-c4ccc(-n5c6ccccc6c6c7c8ccccc8n8c9ccccc9c(cc65)c78)c5oc6ccccc6c45)n3)c2)cc1. The van der Waals surface area contributed by atoms with Crippen molar-refractivity contribution < 1.29 is 4.42 Å². The van der Waals surface area contributed by atoms with Gasteiger partial charge in [0.05, 0.1) is 33.3 Å². The summed E-state index contributed by atoms with van der Waals surface area (Å²) in [5.74, 6) is 1.79. The maximum absolute atomic E-state index is 7.03. The molecular formula is C57H33N5O. The molecule has 0 spiro atoms. The third kappa shape index (κ3) is 4.86. The van der Waals surface area contributed by atoms with E-state index < -0.39 is 0 Å². The highest BCUT2D eigenvalue weighted by Crippen LogP contribution is 2.48. The molecule has 0 aliphatic rings. The fourth-order valence-electron chi connectivity index (χ4n) is 10.2. The van der Waals surface area contributed by atoms with E-state index >= 15 is 0 Å². The lowest BCUT2D eigenvalue weighted by atomic mass is 10.0. The molecule has 6 heteroatoms. The number of fused-ring (bicyclic) bond motifs is 13. The molecule has 6 nitrogen and oxygen atoms in total. The van der Waals surface area contributed by atoms with Crippen molar-refractivity contribution in [2.75, 3.05) is 0 Å². The number of hydrogen-bond donors (Lipinski definition) is 0. The molecule has 0 atom stereocenters. The van der Waals surface area contributed by atoms with Gasteiger partial charge in [0.2, 0.25) is 0 Å². The van der Waals surface area contributed by atoms with Crippen LogP contribution in [0.4, 0.5) is 0 Å². The number of aromatic nitrogens is 5. The topological polar surface area (TPSA) is 61.2 Å². The predicted molar refractivity (Wildman–Crippen MR) is 258 cm³/mol. The quantitative estimate of drug-likeness (QED) is 0.174. The van der Waals surface area contributed by atoms with Gasteiger partial charge in [0, 0.05) is 59.8 Å². The minimum atomic E-state index is 0.577. The van der Waals surface area contributed by atoms with Gasteiger partial charge < -0.3 is 13.4 Å². The molecule has 14 aromatic rings. The Morgan fingerprint density at radius 1 is 0.349 bits per heavy atom. The van der Waals surface area contributed by atoms with Crippen molar-refractivity contribution in [1.29, 1.82) is 0 Å². The Morgan fingerprint density at radius 2 is 0.921 bits per heavy atom. The van der Waals surface area contributed by atoms with E-state index in [1.807, 2.05) is 36.4 Å². The Morgan fingerprint density at radius 3 is 1.70 bits per heavy atom. The van der Waals surface area contributed by atoms with Crippen LogP contribution in [0.2, 0.25) is 0 Å². The van der Waals surface area contributed by atoms with E-state index in [-0.39, 0.29) is 0 Å². The Labute approximate surface area is 359 Å². The van der Waals surface area contributed by atoms with Crippen LogP contribution >= 0.6 is 0 Å². The Balaban J connectivity index is 1.07. The summed E-state index contributed by atoms with van der Waals surface area (Å²) in [5.41, 5.74) is 13.4. The zero-order valence-corrected chi connectivity index (χ0v) is 33.7. The standard InChI is InChI=1S/C57H33N5O/c1-3-16-34(17-4-1)36-20-15-21-37(32-36)56-58-55(35-18-5-2-6-19-35)59-57(60-56)42-30-31-47(54-50(42)41-25-10-14-29-49(41)63-54)61-45-27-12-8-23-39(45)51-48(61)33-43-38-22-7-11-26-44(38)62-46-28-13-9-24-40(46)52(51)53(43)62/h1-33H. The maximum Gasteiger partial charge on any atom is 0.164 e. The lowest BCUT2D eigenvalue weighted by Gasteiger charge is -2.13. The van der Waals surface area contributed by atoms with Crippen molar-refractivity contribution in [3.8, 4) is 51.0 Å². The van der Waals surface area contributed by atoms with Crippen LogP contribution in [0, 0.1) is 0 Å². The average molecular weight is 804 g/mol. The molecule has 0 aliphatic carbocycles. The number of benzene rings is 9. The summed E-state index contributed by atoms with van der Waals surface area (Å²) in [4.78, 5) is 15.7. The van der Waals surface area contributed by atoms with Gasteiger partial charge in [-0.1, -0.05) is 152 Å². The number of para-hydroxylation sites is 4. The minimum Gasteiger partial charge on any atom is -0.454 e. The third-order valence-corrected chi connectivity index (χ3v) is 12.9. The van der Waals surface area contributed by atoms with Gasteiger partial charge in [-0.25, -0.2) is 15.0 Å². The summed E-state index contributed by atoms with van der Waals surface area (Å²) >= 11 is 0. The molecule has 0 fully saturated rings. The van der Waals surface area contributed by atoms with Crippen LogP contribution in [0.3, 0.4) is 0 Å². The van der Waals surface area contributed by atoms with Crippen LogP contribution in [-0.2, 0) is 0 Å². The second kappa shape index (κ2) is 12.9. The third-order valence-electron chi connectivity index (χ3n) is 12.9. The first-order chi connectivity index (χ1) is 31.3. The molecule has 0 aliphatic heterocycles. The van der Waals surface area contributed by atoms with Crippen molar-refractivity contribution in [2.24, 2.45) is 0 Å². The molecule has 292 valence electrons. The molecule has 14 rings (SSSR count). The normalized spacial score (nSPS) is 12.1. The first-order valence-corrected chi connectivity index (χ1v) is 21.3. The lowest BCUT2D eigenvalue weighted by Crippen LogP contribution is -2.01. The van der Waals surface area contributed by atoms with Gasteiger partial charge in [0.25, 0.3) is 0 Å². The monoisotopic (exact) mass is 803 g/mol. The first-order valence-electron chi connectivity index (χ1n) is 21.3. The molecule has 9 aromatic carbocycles. The van der Waals surface area contributed by atoms with Crippen LogP contribution in [0.15, 0.2) is 205 Å². The second-order valence-corrected chi connectivity index (χ2v) is 16.3. The maximum atomic E-state index is 7.03. The highest BCUT2D eigenvalue weighted by molar-refractivity contribution is 6.36. The second-order valence-electron chi connectivity index (χ2n) is 16.3. The zero-order valence-electron chi connectivity index (χ0n) is 33.7. The highest BCUT2D eigenvalue weighted by atomic mass is 16.3. The van der Waals surface area contributed by atoms with Gasteiger partial charge in [0.15, 0.2) is 23.1 Å². The van der Waals surface area contributed by atoms with Gasteiger partial charge >= 0.3 is 0 Å². The van der Waals surface area contributed by atoms with E-state index in [4.69, 9.17) is 19.4 Å². The van der Waals surface area contributed by atoms with Gasteiger partial charge in [-0.2, -0.15) is 0 Å². The van der Waals surface area contributed by atoms with E-state index in [1.165, 1.54) is 48.9 Å². The van der Waals surface area contributed by atoms with E-state index in [2.05, 4.69) is 173 Å². The summed E-state index contributed by atoms with van der Waals surface area (Å²) in [7, 11) is 0. The van der Waals surface area contributed by atoms with Gasteiger partial charge in [-0.15, -0.1) is 0 Å². The largest absolute Gasteiger partial charge is 0.454 e. The summed E-state index contributed by atoms with van der Waals surface area (Å²) < 4.78 is 11.9. The number of furan rings is 1. The molecule has 0 N–H and O–H groups in total. The molecule has 0 amide bonds. The molecule has 63 heavy (non-hydrogen) atoms. The van der Waals surface area contributed by atoms with Crippen molar-refractivity contribution in [2.45, 2.75) is 0 Å². The fourth-order valence-corrected chi connectivity index (χ4v) is 10.2. The smallest absolute Gasteiger partial charge is 0.164 e. The molecule has 0 saturated carbocycles. The van der Waals surface area contributed by atoms with E-state index in [0.717, 1.165) is 66.5 Å². The van der Waals surface area contributed by atoms with Gasteiger partial charge in [-0.05, 0) is 59.7 Å². The Hall–Kier alpha value is -8.61. The van der Waals surface area contributed by atoms with Gasteiger partial charge in [0.1, 0.15) is 5.58 Å². The summed E-state index contributed by atoms with van der Waals surface area (Å²) in [5, 5.41) is 9.35. The molecule has 5 heterocycles. The van der Waals surface area contributed by atoms with E-state index in [0.29, 0.717) is 17.5 Å². The highest BCUT2D eigenvalue weighted by Gasteiger charge is 2.27. The average Bonchev–Trinajstić information content (AvgIpc) is 4.10. The molecule has 0 radical (unpaired) electrons. The predicted octanol–water partition coefficient (Wildman–Crippen LogP) is 14.7. The van der Waals surface area contributed by atoms with Crippen LogP contribution in [-0.4, -0.2) is 23.9 Å². The molecular weight excluding hydrogens is 771 g/mol. The van der Waals surface area contributed by atoms with Crippen LogP contribution in [0.5, 0.6) is 0 Å². The minimum absolute atomic E-state index is 0.577. The van der Waals surface area contributed by atoms with Crippen molar-refractivity contribution in [3.63, 3.8) is 0 Å². The Kier molecular flexibility index (Phi) is 7.02. The lowest BCUT2D eigenvalue weighted by molar-refractivity contribution is 0.666. The number of hydrogen-bond acceptors (Lipinski definition) is 4. The first kappa shape index (κ1) is 34.1. The van der Waals surface area contributed by atoms with Gasteiger partial charge in [-0.3, -0.25) is 0 Å². The fraction of sp³-hybridized carbons (Fsp3) is 0. The van der Waals surface area contributed by atoms with Crippen molar-refractivity contribution in [1.82, 2.24) is 23.9 Å². The molecule has 0 bridgehead atoms. The summed E-state index contributed by atoms with van der Waals surface area (Å²) in [6, 6.07) is 70.4. The van der Waals surface area contributed by atoms with Crippen LogP contribution in [0.25, 0.3) is 133 Å². The summed E-state index contributed by atoms with van der Waals surface area (Å²) in [6.45, 7) is 0. The molecule has 0 saturated heterocycles. The zero-order chi connectivity index (χ0) is 41.2. The van der Waals surface area contributed by atoms with Crippen LogP contribution in [0.1, 0.15) is 0 Å². The molecule has 0 unspecified atom stereocenters. The summed E-state index contributed by atoms with van der Waals surface area (Å²) in [6.07, 6.45) is 0. The van der Waals surface area contributed by atoms with Crippen LogP contribution < -0.4 is 0 Å². The van der Waals surface area contributed by atoms with E-state index in [1.54, 1.807) is 0 Å².